The molecule has 0 N–H and O–H groups in total. The van der Waals surface area contributed by atoms with Crippen molar-refractivity contribution in [2.45, 2.75) is 50.2 Å². The zero-order valence-electron chi connectivity index (χ0n) is 18.7. The van der Waals surface area contributed by atoms with E-state index in [4.69, 9.17) is 14.2 Å². The number of rotatable bonds is 5. The van der Waals surface area contributed by atoms with Crippen LogP contribution in [-0.4, -0.2) is 56.6 Å². The lowest BCUT2D eigenvalue weighted by Gasteiger charge is -2.58. The first-order valence-corrected chi connectivity index (χ1v) is 10.9. The Hall–Kier alpha value is -2.44. The first kappa shape index (κ1) is 21.8. The number of Topliss-reactive ketones (excluding diaryl/α,β-unsaturated/α-hetero) is 1. The smallest absolute Gasteiger partial charge is 0.336 e. The number of methoxy groups -OCH3 is 2. The molecule has 0 aromatic heterocycles. The van der Waals surface area contributed by atoms with Gasteiger partial charge in [-0.2, -0.15) is 0 Å². The van der Waals surface area contributed by atoms with Gasteiger partial charge in [-0.1, -0.05) is 24.3 Å². The highest BCUT2D eigenvalue weighted by Crippen LogP contribution is 2.58. The first-order chi connectivity index (χ1) is 14.9. The molecule has 1 aliphatic heterocycles. The molecule has 1 saturated heterocycles. The van der Waals surface area contributed by atoms with E-state index in [1.54, 1.807) is 26.4 Å². The van der Waals surface area contributed by atoms with Crippen molar-refractivity contribution in [3.8, 4) is 11.5 Å². The van der Waals surface area contributed by atoms with Crippen LogP contribution in [0.5, 0.6) is 11.5 Å². The second-order valence-corrected chi connectivity index (χ2v) is 8.80. The third kappa shape index (κ3) is 3.62. The number of hydrogen-bond donors (Lipinski definition) is 0. The van der Waals surface area contributed by atoms with Crippen LogP contribution in [0.4, 0.5) is 0 Å². The zero-order valence-corrected chi connectivity index (χ0v) is 18.7. The summed E-state index contributed by atoms with van der Waals surface area (Å²) in [5.41, 5.74) is 1.75. The third-order valence-corrected chi connectivity index (χ3v) is 7.35. The number of nitrogens with zero attached hydrogens (tertiary/aromatic N) is 1. The topological polar surface area (TPSA) is 65.1 Å². The van der Waals surface area contributed by atoms with Gasteiger partial charge in [0.05, 0.1) is 7.11 Å². The molecule has 4 atom stereocenters. The molecule has 0 radical (unpaired) electrons. The van der Waals surface area contributed by atoms with Crippen molar-refractivity contribution in [3.05, 3.63) is 47.6 Å². The molecule has 2 aliphatic carbocycles. The number of hydrogen-bond acceptors (Lipinski definition) is 6. The van der Waals surface area contributed by atoms with Crippen LogP contribution in [0, 0.1) is 5.92 Å². The average Bonchev–Trinajstić information content (AvgIpc) is 2.75. The minimum atomic E-state index is -0.454. The Bertz CT molecular complexity index is 936. The van der Waals surface area contributed by atoms with E-state index in [-0.39, 0.29) is 23.2 Å². The number of esters is 1. The number of allylic oxidation sites excluding steroid dienone is 3. The number of piperidine rings is 1. The van der Waals surface area contributed by atoms with Crippen LogP contribution in [0.1, 0.15) is 37.3 Å². The summed E-state index contributed by atoms with van der Waals surface area (Å²) in [5, 5.41) is 0. The van der Waals surface area contributed by atoms with E-state index in [9.17, 15) is 9.59 Å². The summed E-state index contributed by atoms with van der Waals surface area (Å²) in [6.45, 7) is 2.78. The number of fused-ring (bicyclic) bond motifs is 1. The number of carbonyl (C=O) groups excluding carboxylic acids is 2. The summed E-state index contributed by atoms with van der Waals surface area (Å²) >= 11 is 0. The molecule has 6 nitrogen and oxygen atoms in total. The van der Waals surface area contributed by atoms with Crippen molar-refractivity contribution in [1.29, 1.82) is 0 Å². The first-order valence-electron chi connectivity index (χ1n) is 10.9. The second kappa shape index (κ2) is 8.60. The van der Waals surface area contributed by atoms with Gasteiger partial charge in [-0.05, 0) is 57.3 Å². The van der Waals surface area contributed by atoms with Gasteiger partial charge >= 0.3 is 5.97 Å². The largest absolute Gasteiger partial charge is 0.493 e. The Labute approximate surface area is 183 Å². The molecule has 6 heteroatoms. The normalized spacial score (nSPS) is 30.3. The van der Waals surface area contributed by atoms with Gasteiger partial charge < -0.3 is 19.1 Å². The van der Waals surface area contributed by atoms with E-state index in [2.05, 4.69) is 18.0 Å². The molecule has 0 amide bonds. The van der Waals surface area contributed by atoms with E-state index in [1.807, 2.05) is 19.1 Å². The van der Waals surface area contributed by atoms with Gasteiger partial charge in [0.15, 0.2) is 17.3 Å². The van der Waals surface area contributed by atoms with Crippen LogP contribution in [0.2, 0.25) is 0 Å². The zero-order chi connectivity index (χ0) is 22.2. The Kier molecular flexibility index (Phi) is 6.04. The van der Waals surface area contributed by atoms with Gasteiger partial charge in [0.2, 0.25) is 0 Å². The predicted octanol–water partition coefficient (Wildman–Crippen LogP) is 3.23. The van der Waals surface area contributed by atoms with Crippen molar-refractivity contribution in [1.82, 2.24) is 4.90 Å². The highest BCUT2D eigenvalue weighted by atomic mass is 16.6. The molecule has 4 rings (SSSR count). The molecule has 1 aromatic carbocycles. The molecule has 1 aromatic rings. The Balaban J connectivity index is 1.85. The van der Waals surface area contributed by atoms with Crippen LogP contribution in [0.3, 0.4) is 0 Å². The summed E-state index contributed by atoms with van der Waals surface area (Å²) in [6.07, 6.45) is 9.10. The van der Waals surface area contributed by atoms with Crippen molar-refractivity contribution in [3.63, 3.8) is 0 Å². The average molecular weight is 426 g/mol. The van der Waals surface area contributed by atoms with Crippen molar-refractivity contribution < 1.29 is 23.8 Å². The van der Waals surface area contributed by atoms with E-state index < -0.39 is 5.97 Å². The quantitative estimate of drug-likeness (QED) is 0.312. The predicted molar refractivity (Wildman–Crippen MR) is 118 cm³/mol. The maximum absolute atomic E-state index is 13.0. The van der Waals surface area contributed by atoms with Crippen LogP contribution < -0.4 is 9.47 Å². The van der Waals surface area contributed by atoms with E-state index in [0.717, 1.165) is 30.5 Å². The van der Waals surface area contributed by atoms with Gasteiger partial charge in [0, 0.05) is 36.6 Å². The van der Waals surface area contributed by atoms with Gasteiger partial charge in [0.25, 0.3) is 0 Å². The third-order valence-electron chi connectivity index (χ3n) is 7.35. The fourth-order valence-corrected chi connectivity index (χ4v) is 5.90. The summed E-state index contributed by atoms with van der Waals surface area (Å²) in [7, 11) is 5.36. The number of likely N-dealkylation sites (N-methyl/N-ethyl adjacent to an activating group) is 1. The summed E-state index contributed by atoms with van der Waals surface area (Å²) in [5.74, 6) is 0.919. The molecule has 1 heterocycles. The molecule has 3 aliphatic rings. The Morgan fingerprint density at radius 3 is 2.77 bits per heavy atom. The maximum atomic E-state index is 13.0. The lowest BCUT2D eigenvalue weighted by molar-refractivity contribution is -0.141. The number of carbonyl (C=O) groups is 2. The minimum absolute atomic E-state index is 0.128. The van der Waals surface area contributed by atoms with E-state index >= 15 is 0 Å². The van der Waals surface area contributed by atoms with Crippen LogP contribution >= 0.6 is 0 Å². The van der Waals surface area contributed by atoms with Crippen molar-refractivity contribution in [2.75, 3.05) is 27.8 Å². The SMILES string of the molecule is C/C=C/C=C/C(=O)Oc1c(OC)ccc2c1[C@@]13CCN(C)[C@@H](C2)[C@H]1C[C@@H](OC)C(=O)C3. The molecule has 0 unspecified atom stereocenters. The van der Waals surface area contributed by atoms with Gasteiger partial charge in [-0.15, -0.1) is 0 Å². The van der Waals surface area contributed by atoms with Crippen molar-refractivity contribution in [2.24, 2.45) is 5.92 Å². The number of ether oxygens (including phenoxy) is 3. The molecular weight excluding hydrogens is 394 g/mol. The molecule has 2 bridgehead atoms. The van der Waals surface area contributed by atoms with Crippen LogP contribution in [-0.2, 0) is 26.2 Å². The molecule has 0 spiro atoms. The molecule has 31 heavy (non-hydrogen) atoms. The summed E-state index contributed by atoms with van der Waals surface area (Å²) < 4.78 is 17.0. The summed E-state index contributed by atoms with van der Waals surface area (Å²) in [6, 6.07) is 4.27. The van der Waals surface area contributed by atoms with Crippen molar-refractivity contribution >= 4 is 11.8 Å². The van der Waals surface area contributed by atoms with Gasteiger partial charge in [0.1, 0.15) is 6.10 Å². The molecule has 166 valence electrons. The van der Waals surface area contributed by atoms with E-state index in [1.165, 1.54) is 6.08 Å². The minimum Gasteiger partial charge on any atom is -0.493 e. The van der Waals surface area contributed by atoms with E-state index in [0.29, 0.717) is 30.4 Å². The fraction of sp³-hybridized carbons (Fsp3) is 0.520. The fourth-order valence-electron chi connectivity index (χ4n) is 5.90. The van der Waals surface area contributed by atoms with Crippen LogP contribution in [0.25, 0.3) is 0 Å². The lowest BCUT2D eigenvalue weighted by atomic mass is 9.51. The number of likely N-dealkylation sites (tertiary alicyclic amines) is 1. The Morgan fingerprint density at radius 1 is 1.26 bits per heavy atom. The lowest BCUT2D eigenvalue weighted by Crippen LogP contribution is -2.63. The maximum Gasteiger partial charge on any atom is 0.336 e. The Morgan fingerprint density at radius 2 is 2.06 bits per heavy atom. The molecular formula is C25H31NO5. The van der Waals surface area contributed by atoms with Crippen LogP contribution in [0.15, 0.2) is 36.4 Å². The molecule has 1 saturated carbocycles. The molecule has 2 fully saturated rings. The number of benzene rings is 1. The van der Waals surface area contributed by atoms with Gasteiger partial charge in [-0.3, -0.25) is 4.79 Å². The second-order valence-electron chi connectivity index (χ2n) is 8.80. The monoisotopic (exact) mass is 425 g/mol. The van der Waals surface area contributed by atoms with Gasteiger partial charge in [-0.25, -0.2) is 4.79 Å². The highest BCUT2D eigenvalue weighted by Gasteiger charge is 2.58. The highest BCUT2D eigenvalue weighted by molar-refractivity contribution is 5.88. The standard InChI is InChI=1S/C25H31NO5/c1-5-6-7-8-22(28)31-24-20(29-3)10-9-16-13-18-17-14-21(30-4)19(27)15-25(17,23(16)24)11-12-26(18)2/h5-10,17-18,21H,11-15H2,1-4H3/b6-5+,8-7+/t17-,18+,21-,25-/m1/s1. The number of ketones is 1. The summed E-state index contributed by atoms with van der Waals surface area (Å²) in [4.78, 5) is 28.0.